The van der Waals surface area contributed by atoms with Crippen LogP contribution in [0.25, 0.3) is 0 Å². The molecular formula is C26H19BrN2O2. The molecular weight excluding hydrogens is 452 g/mol. The molecule has 1 N–H and O–H groups in total. The van der Waals surface area contributed by atoms with Crippen molar-refractivity contribution in [1.29, 1.82) is 0 Å². The van der Waals surface area contributed by atoms with Gasteiger partial charge in [-0.25, -0.2) is 0 Å². The molecule has 2 amide bonds. The van der Waals surface area contributed by atoms with Gasteiger partial charge in [0.15, 0.2) is 0 Å². The van der Waals surface area contributed by atoms with E-state index in [0.29, 0.717) is 32.7 Å². The van der Waals surface area contributed by atoms with E-state index in [0.717, 1.165) is 0 Å². The molecule has 0 aliphatic heterocycles. The van der Waals surface area contributed by atoms with Gasteiger partial charge in [-0.3, -0.25) is 14.5 Å². The summed E-state index contributed by atoms with van der Waals surface area (Å²) >= 11 is 3.48. The Labute approximate surface area is 189 Å². The largest absolute Gasteiger partial charge is 0.322 e. The highest BCUT2D eigenvalue weighted by molar-refractivity contribution is 9.10. The average molecular weight is 471 g/mol. The summed E-state index contributed by atoms with van der Waals surface area (Å²) in [4.78, 5) is 28.4. The number of anilines is 3. The summed E-state index contributed by atoms with van der Waals surface area (Å²) in [7, 11) is 0. The lowest BCUT2D eigenvalue weighted by atomic mass is 10.1. The van der Waals surface area contributed by atoms with Crippen LogP contribution in [0.1, 0.15) is 20.7 Å². The summed E-state index contributed by atoms with van der Waals surface area (Å²) in [6, 6.07) is 32.9. The summed E-state index contributed by atoms with van der Waals surface area (Å²) in [6.45, 7) is 0. The molecule has 0 saturated heterocycles. The number of para-hydroxylation sites is 3. The molecule has 5 heteroatoms. The third-order valence-corrected chi connectivity index (χ3v) is 5.43. The minimum Gasteiger partial charge on any atom is -0.322 e. The Hall–Kier alpha value is -3.70. The summed E-state index contributed by atoms with van der Waals surface area (Å²) in [6.07, 6.45) is 0. The molecule has 31 heavy (non-hydrogen) atoms. The van der Waals surface area contributed by atoms with Crippen molar-refractivity contribution in [3.63, 3.8) is 0 Å². The second-order valence-electron chi connectivity index (χ2n) is 6.79. The number of hydrogen-bond acceptors (Lipinski definition) is 2. The molecule has 0 radical (unpaired) electrons. The van der Waals surface area contributed by atoms with Crippen LogP contribution in [0.2, 0.25) is 0 Å². The van der Waals surface area contributed by atoms with Crippen LogP contribution in [0.5, 0.6) is 0 Å². The fourth-order valence-corrected chi connectivity index (χ4v) is 3.73. The van der Waals surface area contributed by atoms with E-state index >= 15 is 0 Å². The molecule has 0 atom stereocenters. The number of nitrogens with one attached hydrogen (secondary N) is 1. The zero-order chi connectivity index (χ0) is 21.6. The maximum atomic E-state index is 13.7. The van der Waals surface area contributed by atoms with Crippen LogP contribution >= 0.6 is 15.9 Å². The zero-order valence-electron chi connectivity index (χ0n) is 16.5. The molecule has 0 bridgehead atoms. The second kappa shape index (κ2) is 9.41. The van der Waals surface area contributed by atoms with E-state index in [4.69, 9.17) is 0 Å². The Balaban J connectivity index is 1.80. The molecule has 0 aliphatic carbocycles. The van der Waals surface area contributed by atoms with E-state index in [1.54, 1.807) is 29.2 Å². The van der Waals surface area contributed by atoms with Crippen LogP contribution in [0, 0.1) is 0 Å². The van der Waals surface area contributed by atoms with Crippen LogP contribution in [-0.2, 0) is 0 Å². The van der Waals surface area contributed by atoms with Gasteiger partial charge in [-0.1, -0.05) is 60.7 Å². The van der Waals surface area contributed by atoms with E-state index in [-0.39, 0.29) is 11.8 Å². The van der Waals surface area contributed by atoms with Gasteiger partial charge in [-0.15, -0.1) is 0 Å². The summed E-state index contributed by atoms with van der Waals surface area (Å²) in [5, 5.41) is 2.91. The van der Waals surface area contributed by atoms with Crippen LogP contribution in [0.3, 0.4) is 0 Å². The summed E-state index contributed by atoms with van der Waals surface area (Å²) < 4.78 is 0.687. The van der Waals surface area contributed by atoms with Gasteiger partial charge in [0, 0.05) is 15.8 Å². The van der Waals surface area contributed by atoms with Gasteiger partial charge in [0.05, 0.1) is 16.8 Å². The normalized spacial score (nSPS) is 10.4. The topological polar surface area (TPSA) is 49.4 Å². The number of carbonyl (C=O) groups is 2. The number of hydrogen-bond donors (Lipinski definition) is 1. The molecule has 0 unspecified atom stereocenters. The number of amides is 2. The van der Waals surface area contributed by atoms with Crippen molar-refractivity contribution in [3.8, 4) is 0 Å². The van der Waals surface area contributed by atoms with Gasteiger partial charge in [0.1, 0.15) is 0 Å². The highest BCUT2D eigenvalue weighted by Gasteiger charge is 2.25. The molecule has 0 aromatic heterocycles. The first-order chi connectivity index (χ1) is 15.1. The van der Waals surface area contributed by atoms with Crippen molar-refractivity contribution < 1.29 is 9.59 Å². The predicted octanol–water partition coefficient (Wildman–Crippen LogP) is 6.68. The van der Waals surface area contributed by atoms with Crippen molar-refractivity contribution in [2.24, 2.45) is 0 Å². The van der Waals surface area contributed by atoms with Crippen molar-refractivity contribution in [2.75, 3.05) is 10.2 Å². The molecule has 152 valence electrons. The van der Waals surface area contributed by atoms with Gasteiger partial charge in [0.25, 0.3) is 11.8 Å². The van der Waals surface area contributed by atoms with Gasteiger partial charge < -0.3 is 5.32 Å². The van der Waals surface area contributed by atoms with Crippen LogP contribution in [-0.4, -0.2) is 11.8 Å². The number of halogens is 1. The van der Waals surface area contributed by atoms with E-state index in [1.165, 1.54) is 0 Å². The van der Waals surface area contributed by atoms with Crippen molar-refractivity contribution in [2.45, 2.75) is 0 Å². The Morgan fingerprint density at radius 3 is 1.87 bits per heavy atom. The third-order valence-electron chi connectivity index (χ3n) is 4.74. The standard InChI is InChI=1S/C26H19BrN2O2/c27-23-17-9-7-15-21(23)26(31)29(20-13-5-2-6-14-20)24-18-10-8-16-22(24)25(30)28-19-11-3-1-4-12-19/h1-18H,(H,28,30). The number of benzene rings is 4. The number of carbonyl (C=O) groups excluding carboxylic acids is 2. The molecule has 4 aromatic rings. The smallest absolute Gasteiger partial charge is 0.263 e. The van der Waals surface area contributed by atoms with Gasteiger partial charge >= 0.3 is 0 Å². The van der Waals surface area contributed by atoms with E-state index < -0.39 is 0 Å². The minimum absolute atomic E-state index is 0.237. The summed E-state index contributed by atoms with van der Waals surface area (Å²) in [5.74, 6) is -0.527. The Morgan fingerprint density at radius 1 is 0.645 bits per heavy atom. The van der Waals surface area contributed by atoms with Crippen molar-refractivity contribution in [3.05, 3.63) is 125 Å². The maximum Gasteiger partial charge on any atom is 0.263 e. The lowest BCUT2D eigenvalue weighted by Crippen LogP contribution is -2.28. The van der Waals surface area contributed by atoms with Gasteiger partial charge in [0.2, 0.25) is 0 Å². The Kier molecular flexibility index (Phi) is 6.24. The molecule has 4 nitrogen and oxygen atoms in total. The monoisotopic (exact) mass is 470 g/mol. The van der Waals surface area contributed by atoms with E-state index in [9.17, 15) is 9.59 Å². The highest BCUT2D eigenvalue weighted by atomic mass is 79.9. The first-order valence-corrected chi connectivity index (χ1v) is 10.5. The minimum atomic E-state index is -0.289. The Bertz CT molecular complexity index is 1210. The molecule has 0 fully saturated rings. The molecule has 0 aliphatic rings. The van der Waals surface area contributed by atoms with E-state index in [2.05, 4.69) is 21.2 Å². The zero-order valence-corrected chi connectivity index (χ0v) is 18.1. The maximum absolute atomic E-state index is 13.7. The highest BCUT2D eigenvalue weighted by Crippen LogP contribution is 2.32. The molecule has 4 rings (SSSR count). The lowest BCUT2D eigenvalue weighted by Gasteiger charge is -2.25. The SMILES string of the molecule is O=C(Nc1ccccc1)c1ccccc1N(C(=O)c1ccccc1Br)c1ccccc1. The first-order valence-electron chi connectivity index (χ1n) is 9.74. The van der Waals surface area contributed by atoms with E-state index in [1.807, 2.05) is 84.9 Å². The average Bonchev–Trinajstić information content (AvgIpc) is 2.81. The fraction of sp³-hybridized carbons (Fsp3) is 0. The second-order valence-corrected chi connectivity index (χ2v) is 7.65. The summed E-state index contributed by atoms with van der Waals surface area (Å²) in [5.41, 5.74) is 2.76. The fourth-order valence-electron chi connectivity index (χ4n) is 3.28. The molecule has 0 saturated carbocycles. The van der Waals surface area contributed by atoms with Crippen LogP contribution in [0.15, 0.2) is 114 Å². The van der Waals surface area contributed by atoms with Crippen molar-refractivity contribution in [1.82, 2.24) is 0 Å². The molecule has 0 heterocycles. The Morgan fingerprint density at radius 2 is 1.19 bits per heavy atom. The quantitative estimate of drug-likeness (QED) is 0.353. The van der Waals surface area contributed by atoms with Crippen LogP contribution in [0.4, 0.5) is 17.1 Å². The first kappa shape index (κ1) is 20.6. The third kappa shape index (κ3) is 4.57. The van der Waals surface area contributed by atoms with Gasteiger partial charge in [-0.2, -0.15) is 0 Å². The number of rotatable bonds is 5. The lowest BCUT2D eigenvalue weighted by molar-refractivity contribution is 0.0998. The number of nitrogens with zero attached hydrogens (tertiary/aromatic N) is 1. The predicted molar refractivity (Wildman–Crippen MR) is 128 cm³/mol. The molecule has 4 aromatic carbocycles. The van der Waals surface area contributed by atoms with Crippen LogP contribution < -0.4 is 10.2 Å². The molecule has 0 spiro atoms. The van der Waals surface area contributed by atoms with Gasteiger partial charge in [-0.05, 0) is 64.5 Å². The van der Waals surface area contributed by atoms with Crippen molar-refractivity contribution >= 4 is 44.8 Å².